The molecule has 0 atom stereocenters. The van der Waals surface area contributed by atoms with E-state index in [1.54, 1.807) is 0 Å². The van der Waals surface area contributed by atoms with Gasteiger partial charge >= 0.3 is 0 Å². The maximum atomic E-state index is 5.75. The lowest BCUT2D eigenvalue weighted by atomic mass is 10.2. The Morgan fingerprint density at radius 2 is 1.80 bits per heavy atom. The van der Waals surface area contributed by atoms with Crippen LogP contribution in [0.2, 0.25) is 0 Å². The summed E-state index contributed by atoms with van der Waals surface area (Å²) in [5, 5.41) is 1.09. The molecule has 3 rings (SSSR count). The van der Waals surface area contributed by atoms with Crippen molar-refractivity contribution in [2.75, 3.05) is 0 Å². The molecule has 0 spiro atoms. The van der Waals surface area contributed by atoms with Gasteiger partial charge in [0.1, 0.15) is 11.1 Å². The van der Waals surface area contributed by atoms with Crippen molar-refractivity contribution in [3.63, 3.8) is 0 Å². The van der Waals surface area contributed by atoms with Gasteiger partial charge in [-0.05, 0) is 43.2 Å². The second-order valence-electron chi connectivity index (χ2n) is 3.96. The molecular formula is C13H11NO. The monoisotopic (exact) mass is 197 g/mol. The van der Waals surface area contributed by atoms with Gasteiger partial charge in [-0.15, -0.1) is 0 Å². The first kappa shape index (κ1) is 8.48. The molecule has 0 amide bonds. The largest absolute Gasteiger partial charge is 0.454 e. The van der Waals surface area contributed by atoms with Gasteiger partial charge in [0.25, 0.3) is 0 Å². The fourth-order valence-corrected chi connectivity index (χ4v) is 1.85. The van der Waals surface area contributed by atoms with Crippen LogP contribution in [0.5, 0.6) is 0 Å². The molecule has 0 aliphatic heterocycles. The van der Waals surface area contributed by atoms with E-state index in [-0.39, 0.29) is 0 Å². The zero-order chi connectivity index (χ0) is 10.4. The third-order valence-corrected chi connectivity index (χ3v) is 2.60. The van der Waals surface area contributed by atoms with Gasteiger partial charge in [0.2, 0.25) is 0 Å². The molecule has 0 N–H and O–H groups in total. The summed E-state index contributed by atoms with van der Waals surface area (Å²) in [7, 11) is 0. The highest BCUT2D eigenvalue weighted by molar-refractivity contribution is 6.02. The molecule has 0 aliphatic carbocycles. The number of benzene rings is 1. The van der Waals surface area contributed by atoms with Gasteiger partial charge < -0.3 is 4.42 Å². The summed E-state index contributed by atoms with van der Waals surface area (Å²) in [4.78, 5) is 4.40. The molecule has 2 nitrogen and oxygen atoms in total. The van der Waals surface area contributed by atoms with Crippen molar-refractivity contribution in [1.29, 1.82) is 0 Å². The van der Waals surface area contributed by atoms with Gasteiger partial charge in [-0.1, -0.05) is 6.07 Å². The number of fused-ring (bicyclic) bond motifs is 3. The molecular weight excluding hydrogens is 186 g/mol. The second kappa shape index (κ2) is 2.83. The standard InChI is InChI=1S/C13H11NO/c1-8-3-4-10-11(5-8)15-12-6-9(2)7-14-13(10)12/h3-7H,1-2H3. The zero-order valence-electron chi connectivity index (χ0n) is 8.74. The quantitative estimate of drug-likeness (QED) is 0.550. The SMILES string of the molecule is Cc1ccc2c(c1)oc1cc(C)cnc12. The number of aryl methyl sites for hydroxylation is 2. The third kappa shape index (κ3) is 1.22. The predicted octanol–water partition coefficient (Wildman–Crippen LogP) is 3.60. The minimum atomic E-state index is 0.871. The lowest BCUT2D eigenvalue weighted by molar-refractivity contribution is 0.667. The van der Waals surface area contributed by atoms with E-state index in [1.807, 2.05) is 25.3 Å². The van der Waals surface area contributed by atoms with Crippen molar-refractivity contribution < 1.29 is 4.42 Å². The fraction of sp³-hybridized carbons (Fsp3) is 0.154. The fourth-order valence-electron chi connectivity index (χ4n) is 1.85. The maximum Gasteiger partial charge on any atom is 0.154 e. The van der Waals surface area contributed by atoms with Crippen LogP contribution in [0.15, 0.2) is 34.9 Å². The van der Waals surface area contributed by atoms with E-state index < -0.39 is 0 Å². The van der Waals surface area contributed by atoms with Crippen LogP contribution in [0.25, 0.3) is 22.1 Å². The third-order valence-electron chi connectivity index (χ3n) is 2.60. The first-order valence-electron chi connectivity index (χ1n) is 4.99. The van der Waals surface area contributed by atoms with E-state index in [0.717, 1.165) is 27.6 Å². The molecule has 1 aromatic carbocycles. The molecule has 0 saturated carbocycles. The minimum absolute atomic E-state index is 0.871. The van der Waals surface area contributed by atoms with E-state index in [2.05, 4.69) is 24.0 Å². The molecule has 0 saturated heterocycles. The number of nitrogens with zero attached hydrogens (tertiary/aromatic N) is 1. The van der Waals surface area contributed by atoms with E-state index in [1.165, 1.54) is 5.56 Å². The van der Waals surface area contributed by atoms with Gasteiger partial charge in [-0.2, -0.15) is 0 Å². The van der Waals surface area contributed by atoms with E-state index in [9.17, 15) is 0 Å². The molecule has 2 heteroatoms. The minimum Gasteiger partial charge on any atom is -0.454 e. The normalized spacial score (nSPS) is 11.3. The van der Waals surface area contributed by atoms with Gasteiger partial charge in [0.15, 0.2) is 5.58 Å². The Balaban J connectivity index is 2.51. The zero-order valence-corrected chi connectivity index (χ0v) is 8.74. The Labute approximate surface area is 87.5 Å². The topological polar surface area (TPSA) is 26.0 Å². The highest BCUT2D eigenvalue weighted by atomic mass is 16.3. The summed E-state index contributed by atoms with van der Waals surface area (Å²) < 4.78 is 5.75. The smallest absolute Gasteiger partial charge is 0.154 e. The number of hydrogen-bond acceptors (Lipinski definition) is 2. The van der Waals surface area contributed by atoms with Crippen LogP contribution in [0.4, 0.5) is 0 Å². The highest BCUT2D eigenvalue weighted by Gasteiger charge is 2.07. The average molecular weight is 197 g/mol. The van der Waals surface area contributed by atoms with Crippen molar-refractivity contribution in [1.82, 2.24) is 4.98 Å². The van der Waals surface area contributed by atoms with Gasteiger partial charge in [0.05, 0.1) is 0 Å². The van der Waals surface area contributed by atoms with Crippen LogP contribution in [0.1, 0.15) is 11.1 Å². The van der Waals surface area contributed by atoms with Gasteiger partial charge in [0, 0.05) is 11.6 Å². The van der Waals surface area contributed by atoms with Crippen LogP contribution >= 0.6 is 0 Å². The highest BCUT2D eigenvalue weighted by Crippen LogP contribution is 2.27. The van der Waals surface area contributed by atoms with Crippen LogP contribution in [-0.2, 0) is 0 Å². The van der Waals surface area contributed by atoms with Crippen molar-refractivity contribution in [3.05, 3.63) is 41.6 Å². The van der Waals surface area contributed by atoms with Crippen molar-refractivity contribution in [3.8, 4) is 0 Å². The van der Waals surface area contributed by atoms with E-state index in [0.29, 0.717) is 0 Å². The average Bonchev–Trinajstić information content (AvgIpc) is 2.53. The van der Waals surface area contributed by atoms with Crippen molar-refractivity contribution in [2.24, 2.45) is 0 Å². The summed E-state index contributed by atoms with van der Waals surface area (Å²) in [6, 6.07) is 8.22. The van der Waals surface area contributed by atoms with Crippen LogP contribution < -0.4 is 0 Å². The predicted molar refractivity (Wildman–Crippen MR) is 61.0 cm³/mol. The van der Waals surface area contributed by atoms with Crippen molar-refractivity contribution >= 4 is 22.1 Å². The van der Waals surface area contributed by atoms with E-state index >= 15 is 0 Å². The Hall–Kier alpha value is -1.83. The molecule has 3 aromatic rings. The number of furan rings is 1. The molecule has 0 bridgehead atoms. The van der Waals surface area contributed by atoms with E-state index in [4.69, 9.17) is 4.42 Å². The first-order chi connectivity index (χ1) is 7.24. The maximum absolute atomic E-state index is 5.75. The Morgan fingerprint density at radius 1 is 1.00 bits per heavy atom. The molecule has 0 fully saturated rings. The summed E-state index contributed by atoms with van der Waals surface area (Å²) in [5.74, 6) is 0. The van der Waals surface area contributed by atoms with Crippen molar-refractivity contribution in [2.45, 2.75) is 13.8 Å². The number of aromatic nitrogens is 1. The molecule has 15 heavy (non-hydrogen) atoms. The lowest BCUT2D eigenvalue weighted by Gasteiger charge is -1.91. The number of pyridine rings is 1. The lowest BCUT2D eigenvalue weighted by Crippen LogP contribution is -1.76. The molecule has 74 valence electrons. The van der Waals surface area contributed by atoms with Crippen LogP contribution in [0.3, 0.4) is 0 Å². The summed E-state index contributed by atoms with van der Waals surface area (Å²) >= 11 is 0. The summed E-state index contributed by atoms with van der Waals surface area (Å²) in [6.45, 7) is 4.08. The first-order valence-corrected chi connectivity index (χ1v) is 4.99. The molecule has 0 radical (unpaired) electrons. The Kier molecular flexibility index (Phi) is 1.60. The molecule has 0 aliphatic rings. The van der Waals surface area contributed by atoms with Gasteiger partial charge in [-0.3, -0.25) is 4.98 Å². The molecule has 0 unspecified atom stereocenters. The van der Waals surface area contributed by atoms with Crippen LogP contribution in [-0.4, -0.2) is 4.98 Å². The van der Waals surface area contributed by atoms with Gasteiger partial charge in [-0.25, -0.2) is 0 Å². The summed E-state index contributed by atoms with van der Waals surface area (Å²) in [6.07, 6.45) is 1.87. The second-order valence-corrected chi connectivity index (χ2v) is 3.96. The Morgan fingerprint density at radius 3 is 2.67 bits per heavy atom. The Bertz CT molecular complexity index is 596. The molecule has 2 heterocycles. The summed E-state index contributed by atoms with van der Waals surface area (Å²) in [5.41, 5.74) is 5.07. The molecule has 2 aromatic heterocycles. The number of hydrogen-bond donors (Lipinski definition) is 0. The number of rotatable bonds is 0. The van der Waals surface area contributed by atoms with Crippen LogP contribution in [0, 0.1) is 13.8 Å².